The Hall–Kier alpha value is -0.960. The molecule has 0 amide bonds. The SMILES string of the molecule is C#C/C(C)=C\C(C)=C/C. The molecule has 0 aliphatic carbocycles. The molecule has 0 aliphatic heterocycles. The highest BCUT2D eigenvalue weighted by Crippen LogP contribution is 1.98. The van der Waals surface area contributed by atoms with Gasteiger partial charge in [0.05, 0.1) is 0 Å². The van der Waals surface area contributed by atoms with Crippen LogP contribution < -0.4 is 0 Å². The average molecular weight is 120 g/mol. The fraction of sp³-hybridized carbons (Fsp3) is 0.333. The van der Waals surface area contributed by atoms with E-state index in [1.54, 1.807) is 0 Å². The Kier molecular flexibility index (Phi) is 3.55. The zero-order valence-electron chi connectivity index (χ0n) is 6.23. The highest BCUT2D eigenvalue weighted by Gasteiger charge is 1.80. The molecule has 0 nitrogen and oxygen atoms in total. The van der Waals surface area contributed by atoms with E-state index in [1.807, 2.05) is 32.9 Å². The molecule has 0 spiro atoms. The lowest BCUT2D eigenvalue weighted by atomic mass is 10.2. The molecule has 9 heavy (non-hydrogen) atoms. The van der Waals surface area contributed by atoms with Gasteiger partial charge in [-0.25, -0.2) is 0 Å². The van der Waals surface area contributed by atoms with Crippen molar-refractivity contribution in [3.63, 3.8) is 0 Å². The smallest absolute Gasteiger partial charge is 0.00110 e. The third-order valence-corrected chi connectivity index (χ3v) is 1.13. The first-order valence-corrected chi connectivity index (χ1v) is 2.98. The molecule has 48 valence electrons. The molecule has 0 aromatic rings. The van der Waals surface area contributed by atoms with E-state index in [0.29, 0.717) is 0 Å². The summed E-state index contributed by atoms with van der Waals surface area (Å²) in [6, 6.07) is 0. The number of rotatable bonds is 1. The first-order valence-electron chi connectivity index (χ1n) is 2.98. The molecule has 0 heterocycles. The zero-order chi connectivity index (χ0) is 7.28. The summed E-state index contributed by atoms with van der Waals surface area (Å²) in [6.45, 7) is 5.95. The van der Waals surface area contributed by atoms with Crippen LogP contribution >= 0.6 is 0 Å². The second kappa shape index (κ2) is 3.97. The predicted octanol–water partition coefficient (Wildman–Crippen LogP) is 2.53. The molecule has 0 aliphatic rings. The molecule has 0 N–H and O–H groups in total. The van der Waals surface area contributed by atoms with Crippen LogP contribution in [0.5, 0.6) is 0 Å². The van der Waals surface area contributed by atoms with E-state index in [1.165, 1.54) is 5.57 Å². The van der Waals surface area contributed by atoms with Gasteiger partial charge in [-0.05, 0) is 32.4 Å². The summed E-state index contributed by atoms with van der Waals surface area (Å²) in [7, 11) is 0. The molecular formula is C9H12. The van der Waals surface area contributed by atoms with Crippen molar-refractivity contribution in [2.75, 3.05) is 0 Å². The molecule has 0 heteroatoms. The lowest BCUT2D eigenvalue weighted by Crippen LogP contribution is -1.70. The summed E-state index contributed by atoms with van der Waals surface area (Å²) in [5.41, 5.74) is 2.19. The quantitative estimate of drug-likeness (QED) is 0.368. The first kappa shape index (κ1) is 8.04. The van der Waals surface area contributed by atoms with Crippen molar-refractivity contribution in [3.05, 3.63) is 23.3 Å². The topological polar surface area (TPSA) is 0 Å². The van der Waals surface area contributed by atoms with Gasteiger partial charge in [-0.1, -0.05) is 17.6 Å². The van der Waals surface area contributed by atoms with Gasteiger partial charge in [0.15, 0.2) is 0 Å². The Bertz CT molecular complexity index is 175. The molecular weight excluding hydrogens is 108 g/mol. The van der Waals surface area contributed by atoms with Crippen molar-refractivity contribution in [3.8, 4) is 12.3 Å². The third-order valence-electron chi connectivity index (χ3n) is 1.13. The molecule has 0 rings (SSSR count). The van der Waals surface area contributed by atoms with Gasteiger partial charge in [0.1, 0.15) is 0 Å². The van der Waals surface area contributed by atoms with Crippen molar-refractivity contribution in [1.82, 2.24) is 0 Å². The highest BCUT2D eigenvalue weighted by molar-refractivity contribution is 5.30. The molecule has 0 fully saturated rings. The molecule has 0 aromatic heterocycles. The second-order valence-electron chi connectivity index (χ2n) is 2.00. The van der Waals surface area contributed by atoms with Gasteiger partial charge in [0, 0.05) is 0 Å². The van der Waals surface area contributed by atoms with Crippen LogP contribution in [-0.2, 0) is 0 Å². The van der Waals surface area contributed by atoms with Crippen molar-refractivity contribution in [2.24, 2.45) is 0 Å². The maximum absolute atomic E-state index is 5.13. The van der Waals surface area contributed by atoms with Gasteiger partial charge in [0.25, 0.3) is 0 Å². The first-order chi connectivity index (χ1) is 4.20. The normalized spacial score (nSPS) is 13.1. The van der Waals surface area contributed by atoms with E-state index in [-0.39, 0.29) is 0 Å². The Balaban J connectivity index is 4.17. The number of allylic oxidation sites excluding steroid dienone is 4. The summed E-state index contributed by atoms with van der Waals surface area (Å²) in [5.74, 6) is 2.55. The van der Waals surface area contributed by atoms with Crippen LogP contribution in [0.3, 0.4) is 0 Å². The van der Waals surface area contributed by atoms with Gasteiger partial charge >= 0.3 is 0 Å². The maximum Gasteiger partial charge on any atom is -0.00110 e. The highest BCUT2D eigenvalue weighted by atomic mass is 13.9. The van der Waals surface area contributed by atoms with E-state index in [4.69, 9.17) is 6.42 Å². The third kappa shape index (κ3) is 3.61. The minimum atomic E-state index is 0.977. The number of terminal acetylenes is 1. The van der Waals surface area contributed by atoms with Crippen LogP contribution in [0.2, 0.25) is 0 Å². The molecule has 0 unspecified atom stereocenters. The van der Waals surface area contributed by atoms with Gasteiger partial charge in [-0.3, -0.25) is 0 Å². The van der Waals surface area contributed by atoms with Crippen LogP contribution in [0, 0.1) is 12.3 Å². The Labute approximate surface area is 57.3 Å². The molecule has 0 bridgehead atoms. The largest absolute Gasteiger partial charge is 0.115 e. The Morgan fingerprint density at radius 3 is 2.33 bits per heavy atom. The van der Waals surface area contributed by atoms with Crippen LogP contribution in [-0.4, -0.2) is 0 Å². The monoisotopic (exact) mass is 120 g/mol. The van der Waals surface area contributed by atoms with Gasteiger partial charge < -0.3 is 0 Å². The number of hydrogen-bond acceptors (Lipinski definition) is 0. The molecule has 0 atom stereocenters. The minimum Gasteiger partial charge on any atom is -0.115 e. The predicted molar refractivity (Wildman–Crippen MR) is 42.0 cm³/mol. The summed E-state index contributed by atoms with van der Waals surface area (Å²) in [4.78, 5) is 0. The standard InChI is InChI=1S/C9H12/c1-5-8(3)7-9(4)6-2/h1,6-7H,2-4H3/b8-7-,9-6-. The molecule has 0 aromatic carbocycles. The second-order valence-corrected chi connectivity index (χ2v) is 2.00. The fourth-order valence-electron chi connectivity index (χ4n) is 0.467. The van der Waals surface area contributed by atoms with Crippen LogP contribution in [0.1, 0.15) is 20.8 Å². The van der Waals surface area contributed by atoms with E-state index >= 15 is 0 Å². The number of hydrogen-bond donors (Lipinski definition) is 0. The van der Waals surface area contributed by atoms with E-state index in [2.05, 4.69) is 5.92 Å². The summed E-state index contributed by atoms with van der Waals surface area (Å²) in [5, 5.41) is 0. The van der Waals surface area contributed by atoms with Crippen molar-refractivity contribution >= 4 is 0 Å². The molecule has 0 saturated carbocycles. The van der Waals surface area contributed by atoms with Crippen LogP contribution in [0.4, 0.5) is 0 Å². The molecule has 0 saturated heterocycles. The molecule has 0 radical (unpaired) electrons. The van der Waals surface area contributed by atoms with E-state index in [9.17, 15) is 0 Å². The van der Waals surface area contributed by atoms with E-state index in [0.717, 1.165) is 5.57 Å². The van der Waals surface area contributed by atoms with Crippen molar-refractivity contribution in [1.29, 1.82) is 0 Å². The summed E-state index contributed by atoms with van der Waals surface area (Å²) in [6.07, 6.45) is 9.14. The van der Waals surface area contributed by atoms with Crippen molar-refractivity contribution in [2.45, 2.75) is 20.8 Å². The zero-order valence-corrected chi connectivity index (χ0v) is 6.23. The summed E-state index contributed by atoms with van der Waals surface area (Å²) < 4.78 is 0. The van der Waals surface area contributed by atoms with Gasteiger partial charge in [-0.2, -0.15) is 0 Å². The van der Waals surface area contributed by atoms with Gasteiger partial charge in [-0.15, -0.1) is 6.42 Å². The lowest BCUT2D eigenvalue weighted by Gasteiger charge is -1.88. The maximum atomic E-state index is 5.13. The van der Waals surface area contributed by atoms with Crippen molar-refractivity contribution < 1.29 is 0 Å². The average Bonchev–Trinajstić information content (AvgIpc) is 1.87. The fourth-order valence-corrected chi connectivity index (χ4v) is 0.467. The van der Waals surface area contributed by atoms with Crippen LogP contribution in [0.25, 0.3) is 0 Å². The van der Waals surface area contributed by atoms with E-state index < -0.39 is 0 Å². The van der Waals surface area contributed by atoms with Gasteiger partial charge in [0.2, 0.25) is 0 Å². The Morgan fingerprint density at radius 2 is 2.00 bits per heavy atom. The van der Waals surface area contributed by atoms with Crippen LogP contribution in [0.15, 0.2) is 23.3 Å². The lowest BCUT2D eigenvalue weighted by molar-refractivity contribution is 1.43. The summed E-state index contributed by atoms with van der Waals surface area (Å²) >= 11 is 0. The Morgan fingerprint density at radius 1 is 1.44 bits per heavy atom. The minimum absolute atomic E-state index is 0.977.